The molecular formula is C16H25NO2. The Bertz CT molecular complexity index is 385. The molecule has 1 heterocycles. The van der Waals surface area contributed by atoms with Gasteiger partial charge in [0.05, 0.1) is 13.2 Å². The van der Waals surface area contributed by atoms with Gasteiger partial charge in [0.1, 0.15) is 5.75 Å². The highest BCUT2D eigenvalue weighted by Gasteiger charge is 2.22. The van der Waals surface area contributed by atoms with E-state index in [-0.39, 0.29) is 6.61 Å². The predicted molar refractivity (Wildman–Crippen MR) is 77.7 cm³/mol. The molecule has 1 aromatic carbocycles. The summed E-state index contributed by atoms with van der Waals surface area (Å²) in [6.45, 7) is 7.37. The number of benzene rings is 1. The maximum absolute atomic E-state index is 9.26. The van der Waals surface area contributed by atoms with Crippen molar-refractivity contribution in [2.45, 2.75) is 39.2 Å². The lowest BCUT2D eigenvalue weighted by atomic mass is 10.1. The van der Waals surface area contributed by atoms with Gasteiger partial charge in [-0.2, -0.15) is 0 Å². The summed E-state index contributed by atoms with van der Waals surface area (Å²) in [5.41, 5.74) is 2.49. The van der Waals surface area contributed by atoms with E-state index in [1.165, 1.54) is 17.5 Å². The van der Waals surface area contributed by atoms with E-state index in [1.54, 1.807) is 0 Å². The average molecular weight is 263 g/mol. The van der Waals surface area contributed by atoms with E-state index in [0.29, 0.717) is 6.04 Å². The van der Waals surface area contributed by atoms with Crippen LogP contribution < -0.4 is 4.74 Å². The lowest BCUT2D eigenvalue weighted by Crippen LogP contribution is -2.33. The lowest BCUT2D eigenvalue weighted by molar-refractivity contribution is 0.150. The fraction of sp³-hybridized carbons (Fsp3) is 0.625. The molecule has 0 saturated carbocycles. The summed E-state index contributed by atoms with van der Waals surface area (Å²) < 4.78 is 5.81. The van der Waals surface area contributed by atoms with Gasteiger partial charge in [0.15, 0.2) is 0 Å². The van der Waals surface area contributed by atoms with Crippen molar-refractivity contribution in [1.29, 1.82) is 0 Å². The third kappa shape index (κ3) is 4.22. The molecule has 1 saturated heterocycles. The third-order valence-corrected chi connectivity index (χ3v) is 3.76. The molecule has 106 valence electrons. The molecule has 0 amide bonds. The maximum atomic E-state index is 9.26. The zero-order valence-electron chi connectivity index (χ0n) is 12.1. The Hall–Kier alpha value is -1.06. The van der Waals surface area contributed by atoms with Crippen LogP contribution in [0.2, 0.25) is 0 Å². The molecule has 1 atom stereocenters. The highest BCUT2D eigenvalue weighted by molar-refractivity contribution is 5.32. The Labute approximate surface area is 116 Å². The van der Waals surface area contributed by atoms with Gasteiger partial charge in [0.2, 0.25) is 0 Å². The van der Waals surface area contributed by atoms with Gasteiger partial charge in [0.25, 0.3) is 0 Å². The fourth-order valence-electron chi connectivity index (χ4n) is 2.87. The van der Waals surface area contributed by atoms with Gasteiger partial charge in [-0.3, -0.25) is 4.90 Å². The van der Waals surface area contributed by atoms with Crippen molar-refractivity contribution in [3.05, 3.63) is 29.3 Å². The zero-order chi connectivity index (χ0) is 13.7. The van der Waals surface area contributed by atoms with Crippen LogP contribution in [-0.2, 0) is 0 Å². The zero-order valence-corrected chi connectivity index (χ0v) is 12.1. The van der Waals surface area contributed by atoms with Gasteiger partial charge in [-0.15, -0.1) is 0 Å². The molecule has 1 fully saturated rings. The molecule has 0 unspecified atom stereocenters. The SMILES string of the molecule is Cc1cc(C)cc(OCCCN2CCC[C@@H]2CO)c1. The maximum Gasteiger partial charge on any atom is 0.119 e. The number of aliphatic hydroxyl groups is 1. The quantitative estimate of drug-likeness (QED) is 0.801. The molecule has 0 aromatic heterocycles. The van der Waals surface area contributed by atoms with Crippen LogP contribution in [0.15, 0.2) is 18.2 Å². The normalized spacial score (nSPS) is 19.8. The first-order valence-electron chi connectivity index (χ1n) is 7.25. The largest absolute Gasteiger partial charge is 0.494 e. The Morgan fingerprint density at radius 1 is 1.26 bits per heavy atom. The standard InChI is InChI=1S/C16H25NO2/c1-13-9-14(2)11-16(10-13)19-8-4-7-17-6-3-5-15(17)12-18/h9-11,15,18H,3-8,12H2,1-2H3/t15-/m1/s1. The monoisotopic (exact) mass is 263 g/mol. The summed E-state index contributed by atoms with van der Waals surface area (Å²) in [7, 11) is 0. The Balaban J connectivity index is 1.71. The van der Waals surface area contributed by atoms with E-state index < -0.39 is 0 Å². The third-order valence-electron chi connectivity index (χ3n) is 3.76. The molecule has 0 spiro atoms. The number of aliphatic hydroxyl groups excluding tert-OH is 1. The van der Waals surface area contributed by atoms with Crippen molar-refractivity contribution in [2.75, 3.05) is 26.3 Å². The molecule has 1 N–H and O–H groups in total. The van der Waals surface area contributed by atoms with Crippen molar-refractivity contribution < 1.29 is 9.84 Å². The van der Waals surface area contributed by atoms with Gasteiger partial charge in [-0.25, -0.2) is 0 Å². The van der Waals surface area contributed by atoms with E-state index in [0.717, 1.165) is 38.3 Å². The molecule has 1 aliphatic rings. The number of aryl methyl sites for hydroxylation is 2. The molecule has 19 heavy (non-hydrogen) atoms. The average Bonchev–Trinajstić information content (AvgIpc) is 2.81. The first-order valence-corrected chi connectivity index (χ1v) is 7.25. The summed E-state index contributed by atoms with van der Waals surface area (Å²) in [5, 5.41) is 9.26. The van der Waals surface area contributed by atoms with Crippen LogP contribution in [0.3, 0.4) is 0 Å². The number of nitrogens with zero attached hydrogens (tertiary/aromatic N) is 1. The van der Waals surface area contributed by atoms with Crippen molar-refractivity contribution in [3.8, 4) is 5.75 Å². The van der Waals surface area contributed by atoms with E-state index in [1.807, 2.05) is 0 Å². The minimum atomic E-state index is 0.290. The molecule has 3 nitrogen and oxygen atoms in total. The van der Waals surface area contributed by atoms with Gasteiger partial charge in [-0.1, -0.05) is 6.07 Å². The van der Waals surface area contributed by atoms with E-state index >= 15 is 0 Å². The molecule has 0 aliphatic carbocycles. The van der Waals surface area contributed by atoms with Crippen LogP contribution in [0, 0.1) is 13.8 Å². The van der Waals surface area contributed by atoms with Crippen LogP contribution in [-0.4, -0.2) is 42.4 Å². The van der Waals surface area contributed by atoms with Gasteiger partial charge in [-0.05, 0) is 62.9 Å². The minimum Gasteiger partial charge on any atom is -0.494 e. The van der Waals surface area contributed by atoms with Crippen LogP contribution in [0.25, 0.3) is 0 Å². The highest BCUT2D eigenvalue weighted by Crippen LogP contribution is 2.18. The number of rotatable bonds is 6. The molecule has 0 bridgehead atoms. The first kappa shape index (κ1) is 14.4. The molecule has 3 heteroatoms. The number of hydrogen-bond acceptors (Lipinski definition) is 3. The summed E-state index contributed by atoms with van der Waals surface area (Å²) >= 11 is 0. The van der Waals surface area contributed by atoms with Crippen molar-refractivity contribution in [2.24, 2.45) is 0 Å². The summed E-state index contributed by atoms with van der Waals surface area (Å²) in [5.74, 6) is 0.970. The van der Waals surface area contributed by atoms with Crippen molar-refractivity contribution in [1.82, 2.24) is 4.90 Å². The van der Waals surface area contributed by atoms with Gasteiger partial charge in [0, 0.05) is 12.6 Å². The number of ether oxygens (including phenoxy) is 1. The highest BCUT2D eigenvalue weighted by atomic mass is 16.5. The summed E-state index contributed by atoms with van der Waals surface area (Å²) in [4.78, 5) is 2.38. The minimum absolute atomic E-state index is 0.290. The molecule has 0 radical (unpaired) electrons. The Morgan fingerprint density at radius 3 is 2.68 bits per heavy atom. The smallest absolute Gasteiger partial charge is 0.119 e. The second-order valence-electron chi connectivity index (χ2n) is 5.54. The predicted octanol–water partition coefficient (Wildman–Crippen LogP) is 2.53. The Kier molecular flexibility index (Phi) is 5.23. The topological polar surface area (TPSA) is 32.7 Å². The van der Waals surface area contributed by atoms with Crippen LogP contribution in [0.4, 0.5) is 0 Å². The fourth-order valence-corrected chi connectivity index (χ4v) is 2.87. The molecular weight excluding hydrogens is 238 g/mol. The van der Waals surface area contributed by atoms with E-state index in [9.17, 15) is 5.11 Å². The van der Waals surface area contributed by atoms with E-state index in [2.05, 4.69) is 36.9 Å². The summed E-state index contributed by atoms with van der Waals surface area (Å²) in [6, 6.07) is 6.70. The molecule has 1 aromatic rings. The van der Waals surface area contributed by atoms with Crippen LogP contribution in [0.1, 0.15) is 30.4 Å². The second-order valence-corrected chi connectivity index (χ2v) is 5.54. The summed E-state index contributed by atoms with van der Waals surface area (Å²) in [6.07, 6.45) is 3.36. The second kappa shape index (κ2) is 6.92. The lowest BCUT2D eigenvalue weighted by Gasteiger charge is -2.22. The van der Waals surface area contributed by atoms with Crippen LogP contribution in [0.5, 0.6) is 5.75 Å². The number of hydrogen-bond donors (Lipinski definition) is 1. The van der Waals surface area contributed by atoms with Gasteiger partial charge < -0.3 is 9.84 Å². The van der Waals surface area contributed by atoms with E-state index in [4.69, 9.17) is 4.74 Å². The van der Waals surface area contributed by atoms with Crippen molar-refractivity contribution >= 4 is 0 Å². The molecule has 2 rings (SSSR count). The van der Waals surface area contributed by atoms with Crippen LogP contribution >= 0.6 is 0 Å². The molecule has 1 aliphatic heterocycles. The first-order chi connectivity index (χ1) is 9.19. The number of likely N-dealkylation sites (tertiary alicyclic amines) is 1. The van der Waals surface area contributed by atoms with Gasteiger partial charge >= 0.3 is 0 Å². The Morgan fingerprint density at radius 2 is 2.00 bits per heavy atom. The van der Waals surface area contributed by atoms with Crippen molar-refractivity contribution in [3.63, 3.8) is 0 Å².